The van der Waals surface area contributed by atoms with E-state index in [4.69, 9.17) is 4.42 Å². The minimum Gasteiger partial charge on any atom is -0.467 e. The minimum atomic E-state index is 0.108. The quantitative estimate of drug-likeness (QED) is 0.754. The zero-order valence-corrected chi connectivity index (χ0v) is 8.39. The molecule has 1 N–H and O–H groups in total. The highest BCUT2D eigenvalue weighted by molar-refractivity contribution is 5.27. The fraction of sp³-hybridized carbons (Fsp3) is 0.636. The van der Waals surface area contributed by atoms with E-state index in [9.17, 15) is 0 Å². The van der Waals surface area contributed by atoms with Crippen LogP contribution in [0.15, 0.2) is 16.7 Å². The molecule has 0 amide bonds. The van der Waals surface area contributed by atoms with E-state index in [2.05, 4.69) is 25.2 Å². The molecule has 2 heteroatoms. The van der Waals surface area contributed by atoms with Crippen LogP contribution in [0.1, 0.15) is 38.0 Å². The van der Waals surface area contributed by atoms with Crippen LogP contribution in [-0.4, -0.2) is 6.54 Å². The fourth-order valence-corrected chi connectivity index (χ4v) is 2.29. The van der Waals surface area contributed by atoms with E-state index in [1.807, 2.05) is 6.26 Å². The van der Waals surface area contributed by atoms with Gasteiger partial charge in [-0.2, -0.15) is 0 Å². The van der Waals surface area contributed by atoms with Gasteiger partial charge in [0.1, 0.15) is 5.76 Å². The molecule has 0 aromatic carbocycles. The molecule has 2 heterocycles. The number of furan rings is 1. The molecule has 0 atom stereocenters. The van der Waals surface area contributed by atoms with E-state index in [1.54, 1.807) is 0 Å². The maximum absolute atomic E-state index is 5.59. The summed E-state index contributed by atoms with van der Waals surface area (Å²) in [5, 5.41) is 3.58. The Kier molecular flexibility index (Phi) is 2.16. The second-order valence-electron chi connectivity index (χ2n) is 3.74. The van der Waals surface area contributed by atoms with Gasteiger partial charge in [0.05, 0.1) is 11.8 Å². The van der Waals surface area contributed by atoms with Crippen LogP contribution in [-0.2, 0) is 12.0 Å². The third-order valence-corrected chi connectivity index (χ3v) is 3.25. The standard InChI is InChI=1S/C11H17NO/c1-3-11(4-2)10-9(5-7-12-11)6-8-13-10/h6,8,12H,3-5,7H2,1-2H3. The van der Waals surface area contributed by atoms with Crippen molar-refractivity contribution in [1.82, 2.24) is 5.32 Å². The molecule has 0 unspecified atom stereocenters. The van der Waals surface area contributed by atoms with Gasteiger partial charge >= 0.3 is 0 Å². The van der Waals surface area contributed by atoms with Gasteiger partial charge in [-0.3, -0.25) is 0 Å². The van der Waals surface area contributed by atoms with Crippen molar-refractivity contribution >= 4 is 0 Å². The zero-order chi connectivity index (χ0) is 9.31. The molecule has 1 aliphatic rings. The molecule has 1 aromatic heterocycles. The Morgan fingerprint density at radius 3 is 2.92 bits per heavy atom. The van der Waals surface area contributed by atoms with Crippen molar-refractivity contribution in [2.75, 3.05) is 6.54 Å². The molecule has 1 aliphatic heterocycles. The molecular formula is C11H17NO. The first-order valence-corrected chi connectivity index (χ1v) is 5.14. The van der Waals surface area contributed by atoms with Crippen LogP contribution in [0.4, 0.5) is 0 Å². The summed E-state index contributed by atoms with van der Waals surface area (Å²) in [7, 11) is 0. The van der Waals surface area contributed by atoms with E-state index in [0.29, 0.717) is 0 Å². The van der Waals surface area contributed by atoms with Gasteiger partial charge in [0, 0.05) is 6.54 Å². The highest BCUT2D eigenvalue weighted by Crippen LogP contribution is 2.34. The number of nitrogens with one attached hydrogen (secondary N) is 1. The highest BCUT2D eigenvalue weighted by atomic mass is 16.3. The van der Waals surface area contributed by atoms with Crippen molar-refractivity contribution < 1.29 is 4.42 Å². The molecule has 13 heavy (non-hydrogen) atoms. The third kappa shape index (κ3) is 1.20. The average molecular weight is 179 g/mol. The summed E-state index contributed by atoms with van der Waals surface area (Å²) in [5.41, 5.74) is 1.50. The van der Waals surface area contributed by atoms with Crippen LogP contribution < -0.4 is 5.32 Å². The van der Waals surface area contributed by atoms with Gasteiger partial charge in [0.2, 0.25) is 0 Å². The van der Waals surface area contributed by atoms with Gasteiger partial charge in [-0.25, -0.2) is 0 Å². The van der Waals surface area contributed by atoms with Gasteiger partial charge in [-0.1, -0.05) is 13.8 Å². The van der Waals surface area contributed by atoms with Crippen molar-refractivity contribution in [1.29, 1.82) is 0 Å². The number of hydrogen-bond acceptors (Lipinski definition) is 2. The maximum atomic E-state index is 5.59. The summed E-state index contributed by atoms with van der Waals surface area (Å²) in [6.07, 6.45) is 5.12. The zero-order valence-electron chi connectivity index (χ0n) is 8.39. The first-order chi connectivity index (χ1) is 6.32. The number of fused-ring (bicyclic) bond motifs is 1. The fourth-order valence-electron chi connectivity index (χ4n) is 2.29. The lowest BCUT2D eigenvalue weighted by atomic mass is 9.84. The first-order valence-electron chi connectivity index (χ1n) is 5.14. The molecule has 2 nitrogen and oxygen atoms in total. The monoisotopic (exact) mass is 179 g/mol. The molecular weight excluding hydrogens is 162 g/mol. The summed E-state index contributed by atoms with van der Waals surface area (Å²) < 4.78 is 5.59. The second kappa shape index (κ2) is 3.18. The van der Waals surface area contributed by atoms with Crippen molar-refractivity contribution in [2.24, 2.45) is 0 Å². The molecule has 2 rings (SSSR count). The van der Waals surface area contributed by atoms with Crippen LogP contribution in [0.5, 0.6) is 0 Å². The Balaban J connectivity index is 2.43. The molecule has 0 spiro atoms. The molecule has 0 fully saturated rings. The predicted octanol–water partition coefficient (Wildman–Crippen LogP) is 2.44. The van der Waals surface area contributed by atoms with E-state index in [-0.39, 0.29) is 5.54 Å². The van der Waals surface area contributed by atoms with Crippen molar-refractivity contribution in [3.05, 3.63) is 23.7 Å². The van der Waals surface area contributed by atoms with Gasteiger partial charge in [-0.05, 0) is 30.9 Å². The molecule has 0 bridgehead atoms. The van der Waals surface area contributed by atoms with E-state index < -0.39 is 0 Å². The second-order valence-corrected chi connectivity index (χ2v) is 3.74. The van der Waals surface area contributed by atoms with Crippen molar-refractivity contribution in [3.63, 3.8) is 0 Å². The van der Waals surface area contributed by atoms with Crippen molar-refractivity contribution in [3.8, 4) is 0 Å². The van der Waals surface area contributed by atoms with Gasteiger partial charge in [0.15, 0.2) is 0 Å². The van der Waals surface area contributed by atoms with Crippen LogP contribution in [0.25, 0.3) is 0 Å². The summed E-state index contributed by atoms with van der Waals surface area (Å²) in [6.45, 7) is 5.51. The van der Waals surface area contributed by atoms with Crippen LogP contribution in [0.2, 0.25) is 0 Å². The van der Waals surface area contributed by atoms with Crippen LogP contribution in [0, 0.1) is 0 Å². The molecule has 0 aliphatic carbocycles. The third-order valence-electron chi connectivity index (χ3n) is 3.25. The molecule has 0 radical (unpaired) electrons. The van der Waals surface area contributed by atoms with Gasteiger partial charge < -0.3 is 9.73 Å². The highest BCUT2D eigenvalue weighted by Gasteiger charge is 2.35. The normalized spacial score (nSPS) is 19.8. The van der Waals surface area contributed by atoms with E-state index >= 15 is 0 Å². The molecule has 1 aromatic rings. The van der Waals surface area contributed by atoms with E-state index in [1.165, 1.54) is 11.3 Å². The molecule has 0 saturated heterocycles. The SMILES string of the molecule is CCC1(CC)NCCc2ccoc21. The van der Waals surface area contributed by atoms with Crippen LogP contribution >= 0.6 is 0 Å². The predicted molar refractivity (Wildman–Crippen MR) is 52.7 cm³/mol. The lowest BCUT2D eigenvalue weighted by Crippen LogP contribution is -2.45. The van der Waals surface area contributed by atoms with Crippen molar-refractivity contribution in [2.45, 2.75) is 38.6 Å². The number of hydrogen-bond donors (Lipinski definition) is 1. The molecule has 0 saturated carbocycles. The Morgan fingerprint density at radius 1 is 1.46 bits per heavy atom. The Morgan fingerprint density at radius 2 is 2.23 bits per heavy atom. The summed E-state index contributed by atoms with van der Waals surface area (Å²) in [6, 6.07) is 2.11. The number of rotatable bonds is 2. The lowest BCUT2D eigenvalue weighted by molar-refractivity contribution is 0.236. The lowest BCUT2D eigenvalue weighted by Gasteiger charge is -2.35. The Labute approximate surface area is 79.3 Å². The summed E-state index contributed by atoms with van der Waals surface area (Å²) >= 11 is 0. The first kappa shape index (κ1) is 8.82. The summed E-state index contributed by atoms with van der Waals surface area (Å²) in [5.74, 6) is 1.17. The Bertz CT molecular complexity index is 286. The Hall–Kier alpha value is -0.760. The van der Waals surface area contributed by atoms with Gasteiger partial charge in [-0.15, -0.1) is 0 Å². The largest absolute Gasteiger partial charge is 0.467 e. The molecule has 72 valence electrons. The van der Waals surface area contributed by atoms with E-state index in [0.717, 1.165) is 25.8 Å². The summed E-state index contributed by atoms with van der Waals surface area (Å²) in [4.78, 5) is 0. The average Bonchev–Trinajstić information content (AvgIpc) is 2.65. The van der Waals surface area contributed by atoms with Gasteiger partial charge in [0.25, 0.3) is 0 Å². The van der Waals surface area contributed by atoms with Crippen LogP contribution in [0.3, 0.4) is 0 Å². The minimum absolute atomic E-state index is 0.108. The maximum Gasteiger partial charge on any atom is 0.127 e. The topological polar surface area (TPSA) is 25.2 Å². The smallest absolute Gasteiger partial charge is 0.127 e.